The molecule has 136 valence electrons. The molecule has 0 bridgehead atoms. The number of hydrogen-bond acceptors (Lipinski definition) is 4. The van der Waals surface area contributed by atoms with E-state index in [4.69, 9.17) is 0 Å². The number of nitrogens with one attached hydrogen (secondary N) is 1. The third kappa shape index (κ3) is 4.64. The fraction of sp³-hybridized carbons (Fsp3) is 0.381. The first-order chi connectivity index (χ1) is 12.3. The third-order valence-electron chi connectivity index (χ3n) is 4.68. The van der Waals surface area contributed by atoms with E-state index < -0.39 is 0 Å². The number of aromatic nitrogens is 1. The molecule has 0 aliphatic heterocycles. The normalized spacial score (nSPS) is 12.9. The van der Waals surface area contributed by atoms with Crippen molar-refractivity contribution < 1.29 is 4.79 Å². The molecule has 1 amide bonds. The molecule has 4 nitrogen and oxygen atoms in total. The van der Waals surface area contributed by atoms with E-state index in [1.165, 1.54) is 17.3 Å². The van der Waals surface area contributed by atoms with Crippen LogP contribution in [0, 0.1) is 32.1 Å². The molecule has 1 heterocycles. The van der Waals surface area contributed by atoms with Gasteiger partial charge in [-0.25, -0.2) is 4.98 Å². The zero-order chi connectivity index (χ0) is 19.3. The van der Waals surface area contributed by atoms with Crippen molar-refractivity contribution in [1.82, 2.24) is 10.3 Å². The second-order valence-electron chi connectivity index (χ2n) is 6.56. The lowest BCUT2D eigenvalue weighted by Crippen LogP contribution is -2.33. The number of benzene rings is 1. The van der Waals surface area contributed by atoms with Crippen LogP contribution in [0.3, 0.4) is 0 Å². The zero-order valence-corrected chi connectivity index (χ0v) is 16.8. The molecule has 0 spiro atoms. The Morgan fingerprint density at radius 3 is 2.46 bits per heavy atom. The van der Waals surface area contributed by atoms with Crippen LogP contribution in [0.4, 0.5) is 0 Å². The van der Waals surface area contributed by atoms with E-state index in [2.05, 4.69) is 35.4 Å². The van der Waals surface area contributed by atoms with E-state index in [0.717, 1.165) is 16.8 Å². The van der Waals surface area contributed by atoms with Crippen LogP contribution in [0.25, 0.3) is 0 Å². The van der Waals surface area contributed by atoms with Crippen LogP contribution < -0.4 is 5.32 Å². The number of nitriles is 1. The summed E-state index contributed by atoms with van der Waals surface area (Å²) < 4.78 is 0. The molecule has 0 saturated heterocycles. The van der Waals surface area contributed by atoms with Gasteiger partial charge in [0.2, 0.25) is 5.91 Å². The predicted molar refractivity (Wildman–Crippen MR) is 106 cm³/mol. The zero-order valence-electron chi connectivity index (χ0n) is 16.0. The number of carbonyl (C=O) groups excluding carboxylic acids is 1. The van der Waals surface area contributed by atoms with Crippen molar-refractivity contribution in [3.05, 3.63) is 58.3 Å². The molecule has 0 aliphatic rings. The first-order valence-corrected chi connectivity index (χ1v) is 9.60. The van der Waals surface area contributed by atoms with Crippen LogP contribution in [-0.4, -0.2) is 22.7 Å². The summed E-state index contributed by atoms with van der Waals surface area (Å²) in [4.78, 5) is 17.0. The van der Waals surface area contributed by atoms with Crippen molar-refractivity contribution in [3.63, 3.8) is 0 Å². The van der Waals surface area contributed by atoms with Gasteiger partial charge in [-0.05, 0) is 50.3 Å². The van der Waals surface area contributed by atoms with Gasteiger partial charge in [-0.2, -0.15) is 5.26 Å². The van der Waals surface area contributed by atoms with Gasteiger partial charge in [0.15, 0.2) is 0 Å². The highest BCUT2D eigenvalue weighted by atomic mass is 32.2. The third-order valence-corrected chi connectivity index (χ3v) is 5.77. The van der Waals surface area contributed by atoms with Crippen LogP contribution >= 0.6 is 11.8 Å². The quantitative estimate of drug-likeness (QED) is 0.774. The Kier molecular flexibility index (Phi) is 6.82. The second kappa shape index (κ2) is 8.86. The van der Waals surface area contributed by atoms with Gasteiger partial charge in [0.05, 0.1) is 10.8 Å². The predicted octanol–water partition coefficient (Wildman–Crippen LogP) is 4.28. The summed E-state index contributed by atoms with van der Waals surface area (Å²) >= 11 is 1.34. The van der Waals surface area contributed by atoms with E-state index in [1.54, 1.807) is 0 Å². The molecule has 2 aromatic rings. The highest BCUT2D eigenvalue weighted by Gasteiger charge is 2.20. The summed E-state index contributed by atoms with van der Waals surface area (Å²) in [5.74, 6) is 0.202. The van der Waals surface area contributed by atoms with E-state index in [1.807, 2.05) is 45.9 Å². The summed E-state index contributed by atoms with van der Waals surface area (Å²) in [6.45, 7) is 10.3. The molecule has 1 aromatic heterocycles. The highest BCUT2D eigenvalue weighted by Crippen LogP contribution is 2.29. The van der Waals surface area contributed by atoms with Gasteiger partial charge in [-0.1, -0.05) is 49.0 Å². The summed E-state index contributed by atoms with van der Waals surface area (Å²) in [7, 11) is 0. The summed E-state index contributed by atoms with van der Waals surface area (Å²) in [5.41, 5.74) is 4.63. The van der Waals surface area contributed by atoms with Gasteiger partial charge in [0.25, 0.3) is 0 Å². The Labute approximate surface area is 160 Å². The lowest BCUT2D eigenvalue weighted by atomic mass is 10.0. The minimum atomic E-state index is -0.320. The topological polar surface area (TPSA) is 65.8 Å². The number of aryl methyl sites for hydroxylation is 1. The van der Waals surface area contributed by atoms with Crippen molar-refractivity contribution in [2.24, 2.45) is 0 Å². The first-order valence-electron chi connectivity index (χ1n) is 8.72. The maximum absolute atomic E-state index is 12.5. The molecule has 0 radical (unpaired) electrons. The van der Waals surface area contributed by atoms with Crippen molar-refractivity contribution in [3.8, 4) is 6.07 Å². The largest absolute Gasteiger partial charge is 0.355 e. The first kappa shape index (κ1) is 20.0. The molecular weight excluding hydrogens is 342 g/mol. The van der Waals surface area contributed by atoms with Gasteiger partial charge in [-0.15, -0.1) is 0 Å². The smallest absolute Gasteiger partial charge is 0.233 e. The average Bonchev–Trinajstić information content (AvgIpc) is 2.64. The molecule has 0 fully saturated rings. The van der Waals surface area contributed by atoms with E-state index >= 15 is 0 Å². The molecule has 0 aliphatic carbocycles. The Morgan fingerprint density at radius 2 is 1.85 bits per heavy atom. The lowest BCUT2D eigenvalue weighted by Gasteiger charge is -2.17. The molecule has 2 rings (SSSR count). The fourth-order valence-electron chi connectivity index (χ4n) is 2.65. The number of pyridine rings is 1. The van der Waals surface area contributed by atoms with E-state index in [9.17, 15) is 10.1 Å². The number of hydrogen-bond donors (Lipinski definition) is 1. The molecule has 26 heavy (non-hydrogen) atoms. The minimum Gasteiger partial charge on any atom is -0.355 e. The molecule has 1 N–H and O–H groups in total. The highest BCUT2D eigenvalue weighted by molar-refractivity contribution is 8.00. The van der Waals surface area contributed by atoms with Gasteiger partial charge in [-0.3, -0.25) is 4.79 Å². The molecule has 0 saturated carbocycles. The monoisotopic (exact) mass is 367 g/mol. The van der Waals surface area contributed by atoms with Gasteiger partial charge in [0.1, 0.15) is 11.1 Å². The SMILES string of the molecule is Cc1nc(SC(C)C(=O)NCC(C)c2ccccc2)c(C#N)c(C)c1C. The van der Waals surface area contributed by atoms with Crippen molar-refractivity contribution in [2.75, 3.05) is 6.54 Å². The number of rotatable bonds is 6. The van der Waals surface area contributed by atoms with Gasteiger partial charge >= 0.3 is 0 Å². The number of amides is 1. The Hall–Kier alpha value is -2.32. The number of carbonyl (C=O) groups is 1. The molecule has 1 aromatic carbocycles. The average molecular weight is 368 g/mol. The van der Waals surface area contributed by atoms with Crippen LogP contribution in [0.15, 0.2) is 35.4 Å². The van der Waals surface area contributed by atoms with E-state index in [-0.39, 0.29) is 17.1 Å². The van der Waals surface area contributed by atoms with E-state index in [0.29, 0.717) is 17.1 Å². The maximum atomic E-state index is 12.5. The van der Waals surface area contributed by atoms with Crippen LogP contribution in [-0.2, 0) is 4.79 Å². The van der Waals surface area contributed by atoms with Crippen LogP contribution in [0.1, 0.15) is 47.7 Å². The van der Waals surface area contributed by atoms with Crippen molar-refractivity contribution in [1.29, 1.82) is 5.26 Å². The van der Waals surface area contributed by atoms with Crippen molar-refractivity contribution >= 4 is 17.7 Å². The summed E-state index contributed by atoms with van der Waals surface area (Å²) in [6, 6.07) is 12.4. The lowest BCUT2D eigenvalue weighted by molar-refractivity contribution is -0.120. The fourth-order valence-corrected chi connectivity index (χ4v) is 3.68. The second-order valence-corrected chi connectivity index (χ2v) is 7.89. The maximum Gasteiger partial charge on any atom is 0.233 e. The molecule has 2 unspecified atom stereocenters. The summed E-state index contributed by atoms with van der Waals surface area (Å²) in [5, 5.41) is 12.8. The molecule has 5 heteroatoms. The Balaban J connectivity index is 2.03. The standard InChI is InChI=1S/C21H25N3OS/c1-13(18-9-7-6-8-10-18)12-23-20(25)17(5)26-21-19(11-22)15(3)14(2)16(4)24-21/h6-10,13,17H,12H2,1-5H3,(H,23,25). The van der Waals surface area contributed by atoms with Crippen molar-refractivity contribution in [2.45, 2.75) is 50.8 Å². The number of nitrogens with zero attached hydrogens (tertiary/aromatic N) is 2. The van der Waals surface area contributed by atoms with Gasteiger partial charge < -0.3 is 5.32 Å². The molecular formula is C21H25N3OS. The number of thioether (sulfide) groups is 1. The Morgan fingerprint density at radius 1 is 1.19 bits per heavy atom. The van der Waals surface area contributed by atoms with Crippen LogP contribution in [0.5, 0.6) is 0 Å². The molecule has 2 atom stereocenters. The Bertz CT molecular complexity index is 827. The van der Waals surface area contributed by atoms with Crippen LogP contribution in [0.2, 0.25) is 0 Å². The summed E-state index contributed by atoms with van der Waals surface area (Å²) in [6.07, 6.45) is 0. The van der Waals surface area contributed by atoms with Gasteiger partial charge in [0, 0.05) is 12.2 Å². The minimum absolute atomic E-state index is 0.0423.